The van der Waals surface area contributed by atoms with E-state index in [0.717, 1.165) is 36.8 Å². The Morgan fingerprint density at radius 1 is 0.773 bits per heavy atom. The van der Waals surface area contributed by atoms with Gasteiger partial charge in [-0.3, -0.25) is 0 Å². The van der Waals surface area contributed by atoms with E-state index in [0.29, 0.717) is 4.90 Å². The first-order chi connectivity index (χ1) is 10.7. The highest BCUT2D eigenvalue weighted by Gasteiger charge is 2.47. The molecule has 4 rings (SSSR count). The zero-order valence-corrected chi connectivity index (χ0v) is 13.2. The monoisotopic (exact) mass is 313 g/mol. The van der Waals surface area contributed by atoms with Gasteiger partial charge in [0.25, 0.3) is 0 Å². The first kappa shape index (κ1) is 14.0. The van der Waals surface area contributed by atoms with E-state index < -0.39 is 10.0 Å². The fourth-order valence-electron chi connectivity index (χ4n) is 3.92. The molecule has 2 saturated heterocycles. The molecule has 22 heavy (non-hydrogen) atoms. The maximum absolute atomic E-state index is 13.2. The summed E-state index contributed by atoms with van der Waals surface area (Å²) >= 11 is 0. The summed E-state index contributed by atoms with van der Waals surface area (Å²) in [6.45, 7) is 0. The normalized spacial score (nSPS) is 24.7. The van der Waals surface area contributed by atoms with Gasteiger partial charge in [-0.25, -0.2) is 8.42 Å². The van der Waals surface area contributed by atoms with E-state index in [-0.39, 0.29) is 12.1 Å². The molecule has 0 amide bonds. The molecule has 0 radical (unpaired) electrons. The van der Waals surface area contributed by atoms with Gasteiger partial charge in [-0.05, 0) is 37.3 Å². The molecule has 2 aromatic carbocycles. The molecular weight excluding hydrogens is 294 g/mol. The molecule has 2 heterocycles. The Kier molecular flexibility index (Phi) is 3.31. The van der Waals surface area contributed by atoms with Gasteiger partial charge in [0.05, 0.1) is 4.90 Å². The van der Waals surface area contributed by atoms with Crippen LogP contribution in [0.4, 0.5) is 0 Å². The van der Waals surface area contributed by atoms with Crippen LogP contribution in [0.15, 0.2) is 59.5 Å². The van der Waals surface area contributed by atoms with Gasteiger partial charge in [-0.1, -0.05) is 48.5 Å². The molecule has 2 fully saturated rings. The second kappa shape index (κ2) is 5.21. The van der Waals surface area contributed by atoms with Gasteiger partial charge >= 0.3 is 0 Å². The van der Waals surface area contributed by atoms with E-state index in [1.165, 1.54) is 0 Å². The van der Waals surface area contributed by atoms with Crippen LogP contribution < -0.4 is 0 Å². The lowest BCUT2D eigenvalue weighted by Crippen LogP contribution is -2.35. The van der Waals surface area contributed by atoms with Crippen LogP contribution in [0.1, 0.15) is 25.7 Å². The molecule has 2 bridgehead atoms. The molecule has 2 aromatic rings. The average Bonchev–Trinajstić information content (AvgIpc) is 3.17. The zero-order chi connectivity index (χ0) is 15.2. The first-order valence-electron chi connectivity index (χ1n) is 7.86. The van der Waals surface area contributed by atoms with Gasteiger partial charge in [0.15, 0.2) is 0 Å². The Hall–Kier alpha value is -1.65. The summed E-state index contributed by atoms with van der Waals surface area (Å²) in [5.41, 5.74) is 1.75. The molecule has 0 spiro atoms. The van der Waals surface area contributed by atoms with E-state index in [1.807, 2.05) is 48.5 Å². The van der Waals surface area contributed by atoms with Crippen molar-refractivity contribution in [1.29, 1.82) is 0 Å². The standard InChI is InChI=1S/C18H19NO2S/c20-22(21,19-15-10-11-16(19)13-12-15)18-9-5-4-8-17(18)14-6-2-1-3-7-14/h1-9,15-16H,10-13H2. The lowest BCUT2D eigenvalue weighted by Gasteiger charge is -2.23. The lowest BCUT2D eigenvalue weighted by atomic mass is 10.0. The van der Waals surface area contributed by atoms with Crippen molar-refractivity contribution in [2.75, 3.05) is 0 Å². The quantitative estimate of drug-likeness (QED) is 0.867. The molecule has 0 saturated carbocycles. The number of benzene rings is 2. The molecule has 2 aliphatic heterocycles. The van der Waals surface area contributed by atoms with Crippen LogP contribution in [0.25, 0.3) is 11.1 Å². The minimum absolute atomic E-state index is 0.207. The minimum Gasteiger partial charge on any atom is -0.207 e. The minimum atomic E-state index is -3.42. The Morgan fingerprint density at radius 3 is 1.95 bits per heavy atom. The highest BCUT2D eigenvalue weighted by atomic mass is 32.2. The van der Waals surface area contributed by atoms with Crippen LogP contribution in [0, 0.1) is 0 Å². The summed E-state index contributed by atoms with van der Waals surface area (Å²) in [4.78, 5) is 0.444. The topological polar surface area (TPSA) is 37.4 Å². The predicted octanol–water partition coefficient (Wildman–Crippen LogP) is 3.67. The Morgan fingerprint density at radius 2 is 1.32 bits per heavy atom. The van der Waals surface area contributed by atoms with Crippen LogP contribution in [0.5, 0.6) is 0 Å². The molecular formula is C18H19NO2S. The number of rotatable bonds is 3. The maximum Gasteiger partial charge on any atom is 0.244 e. The fourth-order valence-corrected chi connectivity index (χ4v) is 6.07. The molecule has 0 aliphatic carbocycles. The van der Waals surface area contributed by atoms with E-state index >= 15 is 0 Å². The van der Waals surface area contributed by atoms with E-state index in [1.54, 1.807) is 10.4 Å². The average molecular weight is 313 g/mol. The maximum atomic E-state index is 13.2. The summed E-state index contributed by atoms with van der Waals surface area (Å²) in [5.74, 6) is 0. The van der Waals surface area contributed by atoms with Crippen LogP contribution in [0.3, 0.4) is 0 Å². The zero-order valence-electron chi connectivity index (χ0n) is 12.4. The van der Waals surface area contributed by atoms with E-state index in [2.05, 4.69) is 0 Å². The van der Waals surface area contributed by atoms with Crippen molar-refractivity contribution in [3.63, 3.8) is 0 Å². The SMILES string of the molecule is O=S(=O)(c1ccccc1-c1ccccc1)N1C2CCC1CC2. The number of hydrogen-bond acceptors (Lipinski definition) is 2. The third-order valence-electron chi connectivity index (χ3n) is 4.91. The van der Waals surface area contributed by atoms with Crippen molar-refractivity contribution >= 4 is 10.0 Å². The van der Waals surface area contributed by atoms with Gasteiger partial charge in [-0.2, -0.15) is 4.31 Å². The van der Waals surface area contributed by atoms with E-state index in [4.69, 9.17) is 0 Å². The van der Waals surface area contributed by atoms with Crippen molar-refractivity contribution in [2.45, 2.75) is 42.7 Å². The van der Waals surface area contributed by atoms with Gasteiger partial charge in [0.1, 0.15) is 0 Å². The molecule has 0 atom stereocenters. The fraction of sp³-hybridized carbons (Fsp3) is 0.333. The molecule has 0 unspecified atom stereocenters. The van der Waals surface area contributed by atoms with Crippen LogP contribution in [0.2, 0.25) is 0 Å². The molecule has 2 aliphatic rings. The highest BCUT2D eigenvalue weighted by molar-refractivity contribution is 7.89. The van der Waals surface area contributed by atoms with Crippen molar-refractivity contribution in [1.82, 2.24) is 4.31 Å². The van der Waals surface area contributed by atoms with Crippen molar-refractivity contribution in [3.8, 4) is 11.1 Å². The van der Waals surface area contributed by atoms with Gasteiger partial charge in [0.2, 0.25) is 10.0 Å². The van der Waals surface area contributed by atoms with Crippen LogP contribution in [-0.4, -0.2) is 24.8 Å². The second-order valence-corrected chi connectivity index (χ2v) is 7.97. The summed E-state index contributed by atoms with van der Waals surface area (Å²) in [6.07, 6.45) is 4.05. The number of fused-ring (bicyclic) bond motifs is 2. The molecule has 3 nitrogen and oxygen atoms in total. The van der Waals surface area contributed by atoms with Crippen LogP contribution in [-0.2, 0) is 10.0 Å². The largest absolute Gasteiger partial charge is 0.244 e. The summed E-state index contributed by atoms with van der Waals surface area (Å²) in [5, 5.41) is 0. The molecule has 0 aromatic heterocycles. The number of nitrogens with zero attached hydrogens (tertiary/aromatic N) is 1. The second-order valence-electron chi connectivity index (χ2n) is 6.16. The third-order valence-corrected chi connectivity index (χ3v) is 6.98. The predicted molar refractivity (Wildman–Crippen MR) is 86.9 cm³/mol. The van der Waals surface area contributed by atoms with Gasteiger partial charge in [-0.15, -0.1) is 0 Å². The van der Waals surface area contributed by atoms with E-state index in [9.17, 15) is 8.42 Å². The van der Waals surface area contributed by atoms with Crippen molar-refractivity contribution in [2.24, 2.45) is 0 Å². The Bertz CT molecular complexity index is 766. The molecule has 114 valence electrons. The smallest absolute Gasteiger partial charge is 0.207 e. The third kappa shape index (κ3) is 2.09. The number of hydrogen-bond donors (Lipinski definition) is 0. The summed E-state index contributed by atoms with van der Waals surface area (Å²) < 4.78 is 28.2. The Labute approximate surface area is 131 Å². The van der Waals surface area contributed by atoms with Crippen molar-refractivity contribution in [3.05, 3.63) is 54.6 Å². The van der Waals surface area contributed by atoms with Crippen LogP contribution >= 0.6 is 0 Å². The number of sulfonamides is 1. The summed E-state index contributed by atoms with van der Waals surface area (Å²) in [6, 6.07) is 17.5. The highest BCUT2D eigenvalue weighted by Crippen LogP contribution is 2.42. The molecule has 0 N–H and O–H groups in total. The van der Waals surface area contributed by atoms with Gasteiger partial charge < -0.3 is 0 Å². The van der Waals surface area contributed by atoms with Gasteiger partial charge in [0, 0.05) is 17.6 Å². The first-order valence-corrected chi connectivity index (χ1v) is 9.30. The molecule has 4 heteroatoms. The Balaban J connectivity index is 1.83. The summed E-state index contributed by atoms with van der Waals surface area (Å²) in [7, 11) is -3.42. The van der Waals surface area contributed by atoms with Crippen molar-refractivity contribution < 1.29 is 8.42 Å². The lowest BCUT2D eigenvalue weighted by molar-refractivity contribution is 0.396.